The van der Waals surface area contributed by atoms with E-state index in [9.17, 15) is 19.8 Å². The number of carbonyl (C=O) groups is 2. The molecule has 3 heterocycles. The molecule has 7 nitrogen and oxygen atoms in total. The zero-order valence-corrected chi connectivity index (χ0v) is 23.0. The van der Waals surface area contributed by atoms with Crippen LogP contribution in [0.3, 0.4) is 0 Å². The number of aromatic carboxylic acids is 2. The van der Waals surface area contributed by atoms with Crippen LogP contribution in [0.5, 0.6) is 0 Å². The number of hydrogen-bond acceptors (Lipinski definition) is 4. The van der Waals surface area contributed by atoms with Crippen LogP contribution in [0, 0.1) is 11.8 Å². The molecule has 2 fully saturated rings. The van der Waals surface area contributed by atoms with Crippen LogP contribution in [-0.4, -0.2) is 76.8 Å². The fourth-order valence-corrected chi connectivity index (χ4v) is 6.80. The number of hydrogen-bond donors (Lipinski definition) is 2. The highest BCUT2D eigenvalue weighted by atomic mass is 16.4. The van der Waals surface area contributed by atoms with E-state index < -0.39 is 11.9 Å². The Kier molecular flexibility index (Phi) is 7.78. The van der Waals surface area contributed by atoms with Crippen molar-refractivity contribution in [3.05, 3.63) is 46.5 Å². The van der Waals surface area contributed by atoms with Crippen molar-refractivity contribution < 1.29 is 19.8 Å². The lowest BCUT2D eigenvalue weighted by Gasteiger charge is -2.30. The Labute approximate surface area is 225 Å². The monoisotopic (exact) mass is 519 g/mol. The minimum Gasteiger partial charge on any atom is -0.478 e. The summed E-state index contributed by atoms with van der Waals surface area (Å²) in [6, 6.07) is 7.01. The molecule has 0 saturated carbocycles. The summed E-state index contributed by atoms with van der Waals surface area (Å²) in [4.78, 5) is 29.2. The number of fused-ring (bicyclic) bond motifs is 3. The molecule has 5 rings (SSSR count). The van der Waals surface area contributed by atoms with Crippen molar-refractivity contribution in [2.45, 2.75) is 51.4 Å². The molecule has 0 aliphatic carbocycles. The lowest BCUT2D eigenvalue weighted by Crippen LogP contribution is -2.30. The first-order chi connectivity index (χ1) is 18.2. The van der Waals surface area contributed by atoms with Crippen LogP contribution in [0.25, 0.3) is 21.8 Å². The van der Waals surface area contributed by atoms with Gasteiger partial charge in [-0.25, -0.2) is 9.59 Å². The molecule has 0 bridgehead atoms. The van der Waals surface area contributed by atoms with Gasteiger partial charge in [-0.05, 0) is 139 Å². The van der Waals surface area contributed by atoms with E-state index >= 15 is 0 Å². The molecule has 0 amide bonds. The lowest BCUT2D eigenvalue weighted by molar-refractivity contribution is 0.0685. The molecule has 204 valence electrons. The van der Waals surface area contributed by atoms with Crippen LogP contribution in [0.15, 0.2) is 24.3 Å². The van der Waals surface area contributed by atoms with Gasteiger partial charge >= 0.3 is 11.9 Å². The normalized spacial score (nSPS) is 18.5. The highest BCUT2D eigenvalue weighted by molar-refractivity contribution is 6.13. The van der Waals surface area contributed by atoms with Gasteiger partial charge in [0.2, 0.25) is 0 Å². The van der Waals surface area contributed by atoms with Crippen molar-refractivity contribution in [2.75, 3.05) is 40.3 Å². The Morgan fingerprint density at radius 2 is 1.32 bits per heavy atom. The largest absolute Gasteiger partial charge is 0.478 e. The second-order valence-corrected chi connectivity index (χ2v) is 11.7. The summed E-state index contributed by atoms with van der Waals surface area (Å²) in [5.74, 6) is -0.600. The number of likely N-dealkylation sites (tertiary alicyclic amines) is 2. The summed E-state index contributed by atoms with van der Waals surface area (Å²) in [5, 5.41) is 21.7. The fourth-order valence-electron chi connectivity index (χ4n) is 6.80. The van der Waals surface area contributed by atoms with Crippen molar-refractivity contribution in [3.63, 3.8) is 0 Å². The molecule has 2 aliphatic heterocycles. The Balaban J connectivity index is 1.60. The van der Waals surface area contributed by atoms with Crippen molar-refractivity contribution in [3.8, 4) is 0 Å². The zero-order valence-electron chi connectivity index (χ0n) is 23.0. The van der Waals surface area contributed by atoms with Gasteiger partial charge in [0.15, 0.2) is 0 Å². The molecule has 2 aromatic carbocycles. The molecule has 2 N–H and O–H groups in total. The minimum atomic E-state index is -0.973. The van der Waals surface area contributed by atoms with Crippen LogP contribution in [0.1, 0.15) is 70.4 Å². The van der Waals surface area contributed by atoms with Crippen molar-refractivity contribution in [1.82, 2.24) is 14.4 Å². The van der Waals surface area contributed by atoms with Gasteiger partial charge < -0.3 is 24.6 Å². The van der Waals surface area contributed by atoms with E-state index in [1.165, 1.54) is 12.8 Å². The van der Waals surface area contributed by atoms with Crippen molar-refractivity contribution in [2.24, 2.45) is 18.9 Å². The van der Waals surface area contributed by atoms with Crippen LogP contribution >= 0.6 is 0 Å². The highest BCUT2D eigenvalue weighted by Crippen LogP contribution is 2.37. The quantitative estimate of drug-likeness (QED) is 0.421. The smallest absolute Gasteiger partial charge is 0.335 e. The average molecular weight is 520 g/mol. The summed E-state index contributed by atoms with van der Waals surface area (Å²) < 4.78 is 2.16. The third-order valence-corrected chi connectivity index (χ3v) is 9.26. The van der Waals surface area contributed by atoms with E-state index in [0.717, 1.165) is 97.6 Å². The van der Waals surface area contributed by atoms with Crippen molar-refractivity contribution >= 4 is 33.7 Å². The minimum absolute atomic E-state index is 0.223. The van der Waals surface area contributed by atoms with Crippen LogP contribution in [0.2, 0.25) is 0 Å². The predicted octanol–water partition coefficient (Wildman–Crippen LogP) is 5.28. The van der Waals surface area contributed by atoms with Crippen molar-refractivity contribution in [1.29, 1.82) is 0 Å². The van der Waals surface area contributed by atoms with Gasteiger partial charge in [-0.2, -0.15) is 0 Å². The number of aryl methyl sites for hydroxylation is 2. The number of rotatable bonds is 8. The molecular formula is C31H41N3O4. The second-order valence-electron chi connectivity index (χ2n) is 11.7. The Bertz CT molecular complexity index is 1340. The summed E-state index contributed by atoms with van der Waals surface area (Å²) in [5.41, 5.74) is 4.76. The van der Waals surface area contributed by atoms with Gasteiger partial charge in [-0.1, -0.05) is 0 Å². The van der Waals surface area contributed by atoms with E-state index in [4.69, 9.17) is 0 Å². The number of carboxylic acid groups (broad SMARTS) is 2. The van der Waals surface area contributed by atoms with Crippen LogP contribution < -0.4 is 0 Å². The van der Waals surface area contributed by atoms with Gasteiger partial charge in [0.1, 0.15) is 0 Å². The summed E-state index contributed by atoms with van der Waals surface area (Å²) in [7, 11) is 6.38. The van der Waals surface area contributed by atoms with Gasteiger partial charge in [-0.3, -0.25) is 0 Å². The topological polar surface area (TPSA) is 86.0 Å². The first kappa shape index (κ1) is 26.7. The van der Waals surface area contributed by atoms with E-state index in [-0.39, 0.29) is 5.56 Å². The van der Waals surface area contributed by atoms with E-state index in [0.29, 0.717) is 17.4 Å². The maximum atomic E-state index is 12.7. The molecule has 7 heteroatoms. The Morgan fingerprint density at radius 3 is 1.84 bits per heavy atom. The predicted molar refractivity (Wildman–Crippen MR) is 151 cm³/mol. The van der Waals surface area contributed by atoms with Crippen LogP contribution in [-0.2, 0) is 19.9 Å². The number of benzene rings is 2. The van der Waals surface area contributed by atoms with Gasteiger partial charge in [0.05, 0.1) is 16.6 Å². The number of nitrogens with zero attached hydrogens (tertiary/aromatic N) is 3. The first-order valence-electron chi connectivity index (χ1n) is 14.1. The molecule has 38 heavy (non-hydrogen) atoms. The fraction of sp³-hybridized carbons (Fsp3) is 0.548. The molecule has 0 radical (unpaired) electrons. The van der Waals surface area contributed by atoms with E-state index in [1.54, 1.807) is 12.1 Å². The molecular weight excluding hydrogens is 478 g/mol. The summed E-state index contributed by atoms with van der Waals surface area (Å²) in [6.07, 6.45) is 8.38. The SMILES string of the molecule is CN1CCC(CCc2c(C(=O)O)cc3c4cc(C(=O)O)ccc4n(C)c3c2CCC2CCN(C)CC2)CC1. The summed E-state index contributed by atoms with van der Waals surface area (Å²) >= 11 is 0. The van der Waals surface area contributed by atoms with Gasteiger partial charge in [0, 0.05) is 23.3 Å². The standard InChI is InChI=1S/C31H41N3O4/c1-32-14-10-20(11-15-32)4-7-23-24(8-5-21-12-16-33(2)17-13-21)29-26(19-27(23)31(37)38)25-18-22(30(35)36)6-9-28(25)34(29)3/h6,9,18-21H,4-5,7-8,10-17H2,1-3H3,(H,35,36)(H,37,38). The zero-order chi connectivity index (χ0) is 27.0. The number of carboxylic acids is 2. The number of aromatic nitrogens is 1. The van der Waals surface area contributed by atoms with Gasteiger partial charge in [-0.15, -0.1) is 0 Å². The lowest BCUT2D eigenvalue weighted by atomic mass is 9.84. The first-order valence-corrected chi connectivity index (χ1v) is 14.1. The molecule has 0 spiro atoms. The third kappa shape index (κ3) is 5.32. The Hall–Kier alpha value is -2.90. The number of piperidine rings is 2. The van der Waals surface area contributed by atoms with E-state index in [1.807, 2.05) is 19.2 Å². The molecule has 1 aromatic heterocycles. The summed E-state index contributed by atoms with van der Waals surface area (Å²) in [6.45, 7) is 4.44. The maximum Gasteiger partial charge on any atom is 0.335 e. The molecule has 2 saturated heterocycles. The third-order valence-electron chi connectivity index (χ3n) is 9.26. The highest BCUT2D eigenvalue weighted by Gasteiger charge is 2.26. The molecule has 0 unspecified atom stereocenters. The molecule has 0 atom stereocenters. The van der Waals surface area contributed by atoms with Gasteiger partial charge in [0.25, 0.3) is 0 Å². The molecule has 2 aliphatic rings. The van der Waals surface area contributed by atoms with Crippen LogP contribution in [0.4, 0.5) is 0 Å². The Morgan fingerprint density at radius 1 is 0.763 bits per heavy atom. The average Bonchev–Trinajstić information content (AvgIpc) is 3.18. The second kappa shape index (κ2) is 11.1. The molecule has 3 aromatic rings. The van der Waals surface area contributed by atoms with E-state index in [2.05, 4.69) is 28.5 Å². The maximum absolute atomic E-state index is 12.7.